The van der Waals surface area contributed by atoms with Crippen LogP contribution in [0.5, 0.6) is 0 Å². The van der Waals surface area contributed by atoms with Gasteiger partial charge in [-0.1, -0.05) is 27.7 Å². The molecule has 3 saturated carbocycles. The summed E-state index contributed by atoms with van der Waals surface area (Å²) in [6.07, 6.45) is 2.05. The highest BCUT2D eigenvalue weighted by Crippen LogP contribution is 2.58. The fourth-order valence-electron chi connectivity index (χ4n) is 4.39. The van der Waals surface area contributed by atoms with Gasteiger partial charge in [-0.15, -0.1) is 0 Å². The lowest BCUT2D eigenvalue weighted by Gasteiger charge is -2.59. The van der Waals surface area contributed by atoms with Crippen LogP contribution in [0.15, 0.2) is 0 Å². The van der Waals surface area contributed by atoms with Gasteiger partial charge in [0.1, 0.15) is 0 Å². The Morgan fingerprint density at radius 2 is 2.00 bits per heavy atom. The fraction of sp³-hybridized carbons (Fsp3) is 1.00. The van der Waals surface area contributed by atoms with Gasteiger partial charge in [0.2, 0.25) is 0 Å². The fourth-order valence-corrected chi connectivity index (χ4v) is 4.39. The highest BCUT2D eigenvalue weighted by Gasteiger charge is 2.55. The van der Waals surface area contributed by atoms with Crippen LogP contribution in [0, 0.1) is 35.0 Å². The Bertz CT molecular complexity index is 263. The topological polar surface area (TPSA) is 40.5 Å². The predicted molar refractivity (Wildman–Crippen MR) is 64.9 cm³/mol. The molecule has 6 atom stereocenters. The van der Waals surface area contributed by atoms with Crippen LogP contribution in [0.4, 0.5) is 0 Å². The molecule has 16 heavy (non-hydrogen) atoms. The molecule has 2 nitrogen and oxygen atoms in total. The van der Waals surface area contributed by atoms with E-state index in [-0.39, 0.29) is 18.1 Å². The van der Waals surface area contributed by atoms with E-state index in [9.17, 15) is 10.2 Å². The number of hydrogen-bond donors (Lipinski definition) is 2. The van der Waals surface area contributed by atoms with Gasteiger partial charge in [0.25, 0.3) is 0 Å². The molecule has 0 spiro atoms. The molecule has 0 aromatic heterocycles. The van der Waals surface area contributed by atoms with Crippen molar-refractivity contribution in [2.24, 2.45) is 35.0 Å². The molecule has 3 aliphatic carbocycles. The number of aliphatic hydroxyl groups excluding tert-OH is 2. The van der Waals surface area contributed by atoms with E-state index in [1.54, 1.807) is 0 Å². The van der Waals surface area contributed by atoms with Crippen molar-refractivity contribution in [1.82, 2.24) is 0 Å². The Labute approximate surface area is 99.1 Å². The Kier molecular flexibility index (Phi) is 3.09. The second kappa shape index (κ2) is 3.99. The second-order valence-electron chi connectivity index (χ2n) is 6.78. The van der Waals surface area contributed by atoms with E-state index in [4.69, 9.17) is 0 Å². The molecule has 2 N–H and O–H groups in total. The zero-order valence-corrected chi connectivity index (χ0v) is 11.0. The third kappa shape index (κ3) is 1.62. The van der Waals surface area contributed by atoms with Crippen LogP contribution in [-0.4, -0.2) is 22.9 Å². The molecule has 0 heterocycles. The first-order valence-electron chi connectivity index (χ1n) is 6.69. The van der Waals surface area contributed by atoms with Gasteiger partial charge in [0.05, 0.1) is 6.10 Å². The third-order valence-corrected chi connectivity index (χ3v) is 5.50. The summed E-state index contributed by atoms with van der Waals surface area (Å²) < 4.78 is 0. The van der Waals surface area contributed by atoms with Gasteiger partial charge in [-0.2, -0.15) is 0 Å². The van der Waals surface area contributed by atoms with E-state index < -0.39 is 0 Å². The molecule has 3 rings (SSSR count). The van der Waals surface area contributed by atoms with E-state index in [2.05, 4.69) is 27.7 Å². The highest BCUT2D eigenvalue weighted by atomic mass is 16.3. The van der Waals surface area contributed by atoms with Crippen molar-refractivity contribution in [3.63, 3.8) is 0 Å². The summed E-state index contributed by atoms with van der Waals surface area (Å²) in [5, 5.41) is 20.0. The quantitative estimate of drug-likeness (QED) is 0.758. The van der Waals surface area contributed by atoms with E-state index in [0.29, 0.717) is 29.6 Å². The zero-order chi connectivity index (χ0) is 12.1. The molecule has 94 valence electrons. The average molecular weight is 226 g/mol. The lowest BCUT2D eigenvalue weighted by molar-refractivity contribution is -0.166. The Balaban J connectivity index is 2.26. The first-order valence-corrected chi connectivity index (χ1v) is 6.69. The maximum Gasteiger partial charge on any atom is 0.0599 e. The van der Waals surface area contributed by atoms with Crippen molar-refractivity contribution in [2.75, 3.05) is 6.61 Å². The van der Waals surface area contributed by atoms with Crippen LogP contribution < -0.4 is 0 Å². The van der Waals surface area contributed by atoms with Crippen LogP contribution in [0.1, 0.15) is 40.5 Å². The van der Waals surface area contributed by atoms with E-state index in [1.807, 2.05) is 0 Å². The Hall–Kier alpha value is -0.0800. The van der Waals surface area contributed by atoms with Crippen LogP contribution in [-0.2, 0) is 0 Å². The van der Waals surface area contributed by atoms with Crippen LogP contribution >= 0.6 is 0 Å². The minimum Gasteiger partial charge on any atom is -0.396 e. The lowest BCUT2D eigenvalue weighted by atomic mass is 9.47. The molecule has 3 aliphatic rings. The predicted octanol–water partition coefficient (Wildman–Crippen LogP) is 2.29. The van der Waals surface area contributed by atoms with Crippen molar-refractivity contribution in [1.29, 1.82) is 0 Å². The van der Waals surface area contributed by atoms with Gasteiger partial charge >= 0.3 is 0 Å². The van der Waals surface area contributed by atoms with Crippen molar-refractivity contribution >= 4 is 0 Å². The summed E-state index contributed by atoms with van der Waals surface area (Å²) in [4.78, 5) is 0. The van der Waals surface area contributed by atoms with Gasteiger partial charge in [0, 0.05) is 6.61 Å². The summed E-state index contributed by atoms with van der Waals surface area (Å²) >= 11 is 0. The van der Waals surface area contributed by atoms with E-state index in [1.165, 1.54) is 6.42 Å². The summed E-state index contributed by atoms with van der Waals surface area (Å²) in [6, 6.07) is 0. The molecule has 0 radical (unpaired) electrons. The minimum atomic E-state index is -0.147. The normalized spacial score (nSPS) is 52.3. The second-order valence-corrected chi connectivity index (χ2v) is 6.78. The van der Waals surface area contributed by atoms with Gasteiger partial charge in [-0.05, 0) is 47.8 Å². The highest BCUT2D eigenvalue weighted by molar-refractivity contribution is 5.04. The van der Waals surface area contributed by atoms with Crippen LogP contribution in [0.2, 0.25) is 0 Å². The molecule has 0 unspecified atom stereocenters. The maximum absolute atomic E-state index is 10.3. The molecule has 0 aromatic rings. The summed E-state index contributed by atoms with van der Waals surface area (Å²) in [7, 11) is 0. The van der Waals surface area contributed by atoms with Crippen molar-refractivity contribution in [2.45, 2.75) is 46.6 Å². The smallest absolute Gasteiger partial charge is 0.0599 e. The molecule has 2 heteroatoms. The molecule has 0 saturated heterocycles. The van der Waals surface area contributed by atoms with E-state index >= 15 is 0 Å². The van der Waals surface area contributed by atoms with Gasteiger partial charge in [-0.3, -0.25) is 0 Å². The first kappa shape index (κ1) is 12.4. The van der Waals surface area contributed by atoms with Crippen LogP contribution in [0.3, 0.4) is 0 Å². The molecule has 0 aliphatic heterocycles. The van der Waals surface area contributed by atoms with Gasteiger partial charge in [0.15, 0.2) is 0 Å². The van der Waals surface area contributed by atoms with Crippen molar-refractivity contribution in [3.8, 4) is 0 Å². The summed E-state index contributed by atoms with van der Waals surface area (Å²) in [5.41, 5.74) is 0.0503. The molecule has 0 aromatic carbocycles. The number of rotatable bonds is 2. The first-order chi connectivity index (χ1) is 7.40. The van der Waals surface area contributed by atoms with Crippen molar-refractivity contribution < 1.29 is 10.2 Å². The zero-order valence-electron chi connectivity index (χ0n) is 11.0. The number of hydrogen-bond acceptors (Lipinski definition) is 2. The molecule has 3 fully saturated rings. The van der Waals surface area contributed by atoms with Gasteiger partial charge < -0.3 is 10.2 Å². The summed E-state index contributed by atoms with van der Waals surface area (Å²) in [5.74, 6) is 2.54. The average Bonchev–Trinajstić information content (AvgIpc) is 2.24. The molecular formula is C14H26O2. The SMILES string of the molecule is CC(C)[C@@H]1C[C@@H]2[C@H](C)[C@H](O)[C@H]1C[C@@]2(C)CO. The van der Waals surface area contributed by atoms with Gasteiger partial charge in [-0.25, -0.2) is 0 Å². The lowest BCUT2D eigenvalue weighted by Crippen LogP contribution is -2.57. The number of fused-ring (bicyclic) bond motifs is 3. The largest absolute Gasteiger partial charge is 0.396 e. The van der Waals surface area contributed by atoms with Crippen LogP contribution in [0.25, 0.3) is 0 Å². The molecule has 2 bridgehead atoms. The molecule has 0 amide bonds. The summed E-state index contributed by atoms with van der Waals surface area (Å²) in [6.45, 7) is 9.16. The Morgan fingerprint density at radius 1 is 1.38 bits per heavy atom. The Morgan fingerprint density at radius 3 is 2.50 bits per heavy atom. The maximum atomic E-state index is 10.3. The van der Waals surface area contributed by atoms with E-state index in [0.717, 1.165) is 6.42 Å². The minimum absolute atomic E-state index is 0.0503. The van der Waals surface area contributed by atoms with Crippen molar-refractivity contribution in [3.05, 3.63) is 0 Å². The molecular weight excluding hydrogens is 200 g/mol. The monoisotopic (exact) mass is 226 g/mol. The standard InChI is InChI=1S/C14H26O2/c1-8(2)10-5-12-9(3)13(16)11(10)6-14(12,4)7-15/h8-13,15-16H,5-7H2,1-4H3/t9-,10-,11-,12+,13-,14-/m0/s1. The third-order valence-electron chi connectivity index (χ3n) is 5.50. The number of aliphatic hydroxyl groups is 2.